The van der Waals surface area contributed by atoms with Gasteiger partial charge in [0, 0.05) is 31.3 Å². The number of fused-ring (bicyclic) bond motifs is 1. The summed E-state index contributed by atoms with van der Waals surface area (Å²) in [5.74, 6) is 2.62. The second kappa shape index (κ2) is 8.35. The molecule has 0 radical (unpaired) electrons. The monoisotopic (exact) mass is 479 g/mol. The zero-order valence-corrected chi connectivity index (χ0v) is 19.1. The minimum Gasteiger partial charge on any atom is -0.440 e. The van der Waals surface area contributed by atoms with Gasteiger partial charge in [0.2, 0.25) is 5.82 Å². The normalized spacial score (nSPS) is 22.5. The number of likely N-dealkylation sites (tertiary alicyclic amines) is 1. The van der Waals surface area contributed by atoms with E-state index < -0.39 is 6.36 Å². The number of halogens is 3. The number of aryl methyl sites for hydroxylation is 1. The largest absolute Gasteiger partial charge is 0.573 e. The molecule has 0 bridgehead atoms. The Kier molecular flexibility index (Phi) is 5.64. The molecule has 11 heteroatoms. The zero-order valence-electron chi connectivity index (χ0n) is 18.3. The molecule has 0 spiro atoms. The maximum atomic E-state index is 12.4. The number of nitrogens with zero attached hydrogens (tertiary/aromatic N) is 5. The summed E-state index contributed by atoms with van der Waals surface area (Å²) >= 11 is 1.66. The molecule has 0 N–H and O–H groups in total. The molecule has 33 heavy (non-hydrogen) atoms. The van der Waals surface area contributed by atoms with Crippen molar-refractivity contribution in [3.63, 3.8) is 0 Å². The van der Waals surface area contributed by atoms with Crippen LogP contribution in [0.5, 0.6) is 5.75 Å². The van der Waals surface area contributed by atoms with Crippen LogP contribution >= 0.6 is 11.8 Å². The molecule has 0 amide bonds. The summed E-state index contributed by atoms with van der Waals surface area (Å²) in [5.41, 5.74) is 1.97. The van der Waals surface area contributed by atoms with Crippen molar-refractivity contribution in [2.24, 2.45) is 13.0 Å². The van der Waals surface area contributed by atoms with Gasteiger partial charge in [0.15, 0.2) is 17.3 Å². The third-order valence-electron chi connectivity index (χ3n) is 6.51. The smallest absolute Gasteiger partial charge is 0.440 e. The molecule has 3 aromatic rings. The Hall–Kier alpha value is -2.53. The first kappa shape index (κ1) is 22.3. The predicted octanol–water partition coefficient (Wildman–Crippen LogP) is 4.43. The van der Waals surface area contributed by atoms with Crippen LogP contribution in [-0.4, -0.2) is 56.4 Å². The van der Waals surface area contributed by atoms with Crippen LogP contribution in [0, 0.1) is 12.8 Å². The topological polar surface area (TPSA) is 69.2 Å². The number of rotatable bonds is 8. The number of oxazole rings is 1. The van der Waals surface area contributed by atoms with Crippen LogP contribution in [-0.2, 0) is 12.5 Å². The van der Waals surface area contributed by atoms with E-state index in [4.69, 9.17) is 4.42 Å². The summed E-state index contributed by atoms with van der Waals surface area (Å²) in [6.07, 6.45) is -1.15. The summed E-state index contributed by atoms with van der Waals surface area (Å²) in [6.45, 7) is 4.83. The molecule has 1 saturated carbocycles. The SMILES string of the molecule is Cc1ncoc1-c1nnc(SCCCN2CC3CC3(c3ccc(OC(F)(F)F)cc3)C2)n1C. The Morgan fingerprint density at radius 3 is 2.73 bits per heavy atom. The van der Waals surface area contributed by atoms with E-state index in [1.165, 1.54) is 18.5 Å². The molecule has 3 heterocycles. The summed E-state index contributed by atoms with van der Waals surface area (Å²) in [5, 5.41) is 9.35. The van der Waals surface area contributed by atoms with E-state index in [-0.39, 0.29) is 11.2 Å². The van der Waals surface area contributed by atoms with Gasteiger partial charge < -0.3 is 18.6 Å². The Balaban J connectivity index is 1.11. The number of hydrogen-bond acceptors (Lipinski definition) is 7. The van der Waals surface area contributed by atoms with E-state index >= 15 is 0 Å². The lowest BCUT2D eigenvalue weighted by Gasteiger charge is -2.21. The maximum Gasteiger partial charge on any atom is 0.573 e. The highest BCUT2D eigenvalue weighted by molar-refractivity contribution is 7.99. The molecule has 2 unspecified atom stereocenters. The van der Waals surface area contributed by atoms with Gasteiger partial charge >= 0.3 is 6.36 Å². The fourth-order valence-electron chi connectivity index (χ4n) is 4.80. The lowest BCUT2D eigenvalue weighted by Crippen LogP contribution is -2.28. The molecule has 2 aromatic heterocycles. The van der Waals surface area contributed by atoms with Gasteiger partial charge in [0.1, 0.15) is 5.75 Å². The quantitative estimate of drug-likeness (QED) is 0.350. The maximum absolute atomic E-state index is 12.4. The zero-order chi connectivity index (χ0) is 23.2. The van der Waals surface area contributed by atoms with E-state index in [1.807, 2.05) is 18.5 Å². The average molecular weight is 480 g/mol. The summed E-state index contributed by atoms with van der Waals surface area (Å²) < 4.78 is 48.5. The molecule has 1 aliphatic heterocycles. The van der Waals surface area contributed by atoms with Gasteiger partial charge in [-0.15, -0.1) is 23.4 Å². The highest BCUT2D eigenvalue weighted by Crippen LogP contribution is 2.59. The van der Waals surface area contributed by atoms with Crippen molar-refractivity contribution in [2.75, 3.05) is 25.4 Å². The van der Waals surface area contributed by atoms with Crippen molar-refractivity contribution in [1.29, 1.82) is 0 Å². The average Bonchev–Trinajstić information content (AvgIpc) is 3.06. The Morgan fingerprint density at radius 1 is 1.24 bits per heavy atom. The molecule has 2 atom stereocenters. The molecule has 176 valence electrons. The standard InChI is InChI=1S/C22H24F3N5O2S/c1-14-18(31-13-26-14)19-27-28-20(29(19)2)33-9-3-8-30-11-16-10-21(16,12-30)15-4-6-17(7-5-15)32-22(23,24)25/h4-7,13,16H,3,8-12H2,1-2H3. The second-order valence-corrected chi connectivity index (χ2v) is 9.76. The lowest BCUT2D eigenvalue weighted by molar-refractivity contribution is -0.274. The van der Waals surface area contributed by atoms with Crippen molar-refractivity contribution < 1.29 is 22.3 Å². The first-order valence-electron chi connectivity index (χ1n) is 10.8. The number of aromatic nitrogens is 4. The van der Waals surface area contributed by atoms with Crippen LogP contribution in [0.25, 0.3) is 11.6 Å². The van der Waals surface area contributed by atoms with Crippen LogP contribution in [0.1, 0.15) is 24.1 Å². The Morgan fingerprint density at radius 2 is 2.03 bits per heavy atom. The summed E-state index contributed by atoms with van der Waals surface area (Å²) in [6, 6.07) is 6.40. The fourth-order valence-corrected chi connectivity index (χ4v) is 5.63. The van der Waals surface area contributed by atoms with E-state index in [2.05, 4.69) is 24.8 Å². The fraction of sp³-hybridized carbons (Fsp3) is 0.500. The van der Waals surface area contributed by atoms with E-state index in [9.17, 15) is 13.2 Å². The van der Waals surface area contributed by atoms with E-state index in [0.29, 0.717) is 17.5 Å². The van der Waals surface area contributed by atoms with E-state index in [1.54, 1.807) is 23.9 Å². The molecule has 2 aliphatic rings. The van der Waals surface area contributed by atoms with Crippen molar-refractivity contribution in [3.05, 3.63) is 41.9 Å². The highest BCUT2D eigenvalue weighted by Gasteiger charge is 2.60. The number of piperidine rings is 1. The molecule has 7 nitrogen and oxygen atoms in total. The Bertz CT molecular complexity index is 1130. The highest BCUT2D eigenvalue weighted by atomic mass is 32.2. The minimum absolute atomic E-state index is 0.0807. The molecule has 5 rings (SSSR count). The van der Waals surface area contributed by atoms with Crippen LogP contribution < -0.4 is 4.74 Å². The van der Waals surface area contributed by atoms with Gasteiger partial charge in [0.25, 0.3) is 0 Å². The molecular formula is C22H24F3N5O2S. The van der Waals surface area contributed by atoms with Gasteiger partial charge in [-0.2, -0.15) is 0 Å². The summed E-state index contributed by atoms with van der Waals surface area (Å²) in [7, 11) is 1.92. The molecule has 1 aliphatic carbocycles. The van der Waals surface area contributed by atoms with Crippen molar-refractivity contribution in [3.8, 4) is 17.3 Å². The minimum atomic E-state index is -4.66. The van der Waals surface area contributed by atoms with Gasteiger partial charge in [0.05, 0.1) is 5.69 Å². The second-order valence-electron chi connectivity index (χ2n) is 8.70. The number of ether oxygens (including phenoxy) is 1. The number of hydrogen-bond donors (Lipinski definition) is 0. The van der Waals surface area contributed by atoms with Crippen LogP contribution in [0.2, 0.25) is 0 Å². The summed E-state index contributed by atoms with van der Waals surface area (Å²) in [4.78, 5) is 6.56. The lowest BCUT2D eigenvalue weighted by atomic mass is 9.95. The van der Waals surface area contributed by atoms with Gasteiger partial charge in [-0.05, 0) is 49.9 Å². The first-order chi connectivity index (χ1) is 15.7. The van der Waals surface area contributed by atoms with Gasteiger partial charge in [-0.25, -0.2) is 4.98 Å². The number of thioether (sulfide) groups is 1. The molecule has 2 fully saturated rings. The van der Waals surface area contributed by atoms with Gasteiger partial charge in [-0.1, -0.05) is 23.9 Å². The molecule has 1 saturated heterocycles. The van der Waals surface area contributed by atoms with Crippen LogP contribution in [0.4, 0.5) is 13.2 Å². The number of benzene rings is 1. The van der Waals surface area contributed by atoms with Crippen molar-refractivity contribution in [1.82, 2.24) is 24.6 Å². The van der Waals surface area contributed by atoms with Crippen LogP contribution in [0.15, 0.2) is 40.2 Å². The first-order valence-corrected chi connectivity index (χ1v) is 11.7. The molecule has 1 aromatic carbocycles. The van der Waals surface area contributed by atoms with Crippen molar-refractivity contribution >= 4 is 11.8 Å². The molecular weight excluding hydrogens is 455 g/mol. The Labute approximate surface area is 193 Å². The van der Waals surface area contributed by atoms with Gasteiger partial charge in [-0.3, -0.25) is 0 Å². The number of alkyl halides is 3. The van der Waals surface area contributed by atoms with Crippen molar-refractivity contribution in [2.45, 2.75) is 36.7 Å². The van der Waals surface area contributed by atoms with E-state index in [0.717, 1.165) is 54.6 Å². The third kappa shape index (κ3) is 4.48. The van der Waals surface area contributed by atoms with Crippen LogP contribution in [0.3, 0.4) is 0 Å². The predicted molar refractivity (Wildman–Crippen MR) is 116 cm³/mol. The third-order valence-corrected chi connectivity index (χ3v) is 7.62.